The number of nitrogens with one attached hydrogen (secondary N) is 2. The van der Waals surface area contributed by atoms with Gasteiger partial charge in [-0.2, -0.15) is 5.26 Å². The van der Waals surface area contributed by atoms with Crippen LogP contribution in [0.25, 0.3) is 6.08 Å². The Kier molecular flexibility index (Phi) is 6.32. The zero-order valence-electron chi connectivity index (χ0n) is 13.7. The smallest absolute Gasteiger partial charge is 0.276 e. The molecule has 6 nitrogen and oxygen atoms in total. The summed E-state index contributed by atoms with van der Waals surface area (Å²) < 4.78 is 5.25. The summed E-state index contributed by atoms with van der Waals surface area (Å²) in [6, 6.07) is 16.0. The highest BCUT2D eigenvalue weighted by Gasteiger charge is 2.04. The third-order valence-corrected chi connectivity index (χ3v) is 3.15. The van der Waals surface area contributed by atoms with Crippen LogP contribution in [-0.2, 0) is 9.59 Å². The lowest BCUT2D eigenvalue weighted by atomic mass is 10.1. The van der Waals surface area contributed by atoms with Crippen LogP contribution < -0.4 is 15.6 Å². The molecular formula is C19H17N3O3. The normalized spacial score (nSPS) is 10.1. The molecule has 0 saturated carbocycles. The largest absolute Gasteiger partial charge is 0.484 e. The Bertz CT molecular complexity index is 821. The molecule has 0 aliphatic rings. The molecule has 0 aliphatic heterocycles. The third-order valence-electron chi connectivity index (χ3n) is 3.15. The Morgan fingerprint density at radius 1 is 1.16 bits per heavy atom. The number of carbonyl (C=O) groups is 2. The molecule has 0 atom stereocenters. The number of hydrogen-bond donors (Lipinski definition) is 2. The summed E-state index contributed by atoms with van der Waals surface area (Å²) in [5, 5.41) is 8.70. The number of ether oxygens (including phenoxy) is 1. The Labute approximate surface area is 145 Å². The first-order valence-corrected chi connectivity index (χ1v) is 7.53. The number of benzene rings is 2. The number of nitrogens with zero attached hydrogens (tertiary/aromatic N) is 1. The first kappa shape index (κ1) is 17.8. The molecule has 2 aromatic carbocycles. The van der Waals surface area contributed by atoms with Crippen molar-refractivity contribution in [1.82, 2.24) is 10.9 Å². The molecular weight excluding hydrogens is 318 g/mol. The van der Waals surface area contributed by atoms with E-state index in [0.29, 0.717) is 11.3 Å². The number of nitriles is 1. The summed E-state index contributed by atoms with van der Waals surface area (Å²) in [5.41, 5.74) is 7.02. The van der Waals surface area contributed by atoms with Gasteiger partial charge in [0.2, 0.25) is 0 Å². The van der Waals surface area contributed by atoms with Gasteiger partial charge in [0.25, 0.3) is 11.8 Å². The molecule has 0 fully saturated rings. The van der Waals surface area contributed by atoms with Crippen LogP contribution in [0.15, 0.2) is 54.6 Å². The van der Waals surface area contributed by atoms with Crippen LogP contribution >= 0.6 is 0 Å². The van der Waals surface area contributed by atoms with Gasteiger partial charge < -0.3 is 4.74 Å². The molecule has 126 valence electrons. The van der Waals surface area contributed by atoms with Crippen molar-refractivity contribution in [3.8, 4) is 11.8 Å². The van der Waals surface area contributed by atoms with Crippen LogP contribution in [0.2, 0.25) is 0 Å². The maximum atomic E-state index is 11.7. The second kappa shape index (κ2) is 8.89. The Hall–Kier alpha value is -3.59. The molecule has 0 saturated heterocycles. The van der Waals surface area contributed by atoms with Crippen molar-refractivity contribution < 1.29 is 14.3 Å². The summed E-state index contributed by atoms with van der Waals surface area (Å²) in [5.74, 6) is -0.491. The van der Waals surface area contributed by atoms with E-state index in [1.54, 1.807) is 30.3 Å². The lowest BCUT2D eigenvalue weighted by Gasteiger charge is -2.07. The second-order valence-electron chi connectivity index (χ2n) is 5.21. The monoisotopic (exact) mass is 335 g/mol. The van der Waals surface area contributed by atoms with Crippen molar-refractivity contribution in [3.63, 3.8) is 0 Å². The molecule has 2 amide bonds. The van der Waals surface area contributed by atoms with Crippen LogP contribution in [0.5, 0.6) is 5.75 Å². The molecule has 0 spiro atoms. The van der Waals surface area contributed by atoms with Crippen LogP contribution in [0.3, 0.4) is 0 Å². The number of hydrogen-bond acceptors (Lipinski definition) is 4. The number of rotatable bonds is 5. The zero-order chi connectivity index (χ0) is 18.1. The second-order valence-corrected chi connectivity index (χ2v) is 5.21. The predicted octanol–water partition coefficient (Wildman–Crippen LogP) is 2.11. The minimum absolute atomic E-state index is 0.256. The van der Waals surface area contributed by atoms with E-state index >= 15 is 0 Å². The van der Waals surface area contributed by atoms with E-state index in [1.165, 1.54) is 6.08 Å². The van der Waals surface area contributed by atoms with Gasteiger partial charge in [-0.25, -0.2) is 0 Å². The minimum atomic E-state index is -0.498. The lowest BCUT2D eigenvalue weighted by Crippen LogP contribution is -2.43. The van der Waals surface area contributed by atoms with Gasteiger partial charge in [-0.3, -0.25) is 20.4 Å². The van der Waals surface area contributed by atoms with Crippen molar-refractivity contribution in [2.24, 2.45) is 0 Å². The maximum absolute atomic E-state index is 11.7. The van der Waals surface area contributed by atoms with Gasteiger partial charge in [-0.05, 0) is 42.8 Å². The lowest BCUT2D eigenvalue weighted by molar-refractivity contribution is -0.128. The van der Waals surface area contributed by atoms with Crippen molar-refractivity contribution in [2.45, 2.75) is 6.92 Å². The van der Waals surface area contributed by atoms with Gasteiger partial charge in [0.1, 0.15) is 5.75 Å². The van der Waals surface area contributed by atoms with E-state index in [0.717, 1.165) is 11.1 Å². The van der Waals surface area contributed by atoms with Gasteiger partial charge in [0.15, 0.2) is 6.61 Å². The molecule has 6 heteroatoms. The molecule has 0 heterocycles. The van der Waals surface area contributed by atoms with E-state index in [2.05, 4.69) is 10.9 Å². The van der Waals surface area contributed by atoms with Gasteiger partial charge in [0.05, 0.1) is 11.6 Å². The highest BCUT2D eigenvalue weighted by molar-refractivity contribution is 5.93. The first-order valence-electron chi connectivity index (χ1n) is 7.53. The highest BCUT2D eigenvalue weighted by Crippen LogP contribution is 2.11. The highest BCUT2D eigenvalue weighted by atomic mass is 16.5. The van der Waals surface area contributed by atoms with Gasteiger partial charge >= 0.3 is 0 Å². The number of hydrazine groups is 1. The average molecular weight is 335 g/mol. The fourth-order valence-electron chi connectivity index (χ4n) is 1.93. The van der Waals surface area contributed by atoms with Crippen molar-refractivity contribution in [3.05, 3.63) is 71.3 Å². The number of amides is 2. The Balaban J connectivity index is 1.73. The average Bonchev–Trinajstić information content (AvgIpc) is 2.63. The Morgan fingerprint density at radius 2 is 1.92 bits per heavy atom. The Morgan fingerprint density at radius 3 is 2.60 bits per heavy atom. The number of carbonyl (C=O) groups excluding carboxylic acids is 2. The van der Waals surface area contributed by atoms with E-state index in [9.17, 15) is 9.59 Å². The fourth-order valence-corrected chi connectivity index (χ4v) is 1.93. The molecule has 0 radical (unpaired) electrons. The maximum Gasteiger partial charge on any atom is 0.276 e. The minimum Gasteiger partial charge on any atom is -0.484 e. The molecule has 0 bridgehead atoms. The van der Waals surface area contributed by atoms with E-state index in [-0.39, 0.29) is 6.61 Å². The predicted molar refractivity (Wildman–Crippen MR) is 93.2 cm³/mol. The molecule has 0 aliphatic carbocycles. The number of aryl methyl sites for hydroxylation is 1. The standard InChI is InChI=1S/C19H17N3O3/c1-14-3-2-4-15(11-14)7-10-18(23)21-22-19(24)13-25-17-8-5-16(12-20)6-9-17/h2-11H,13H2,1H3,(H,21,23)(H,22,24)/b10-7+. The summed E-state index contributed by atoms with van der Waals surface area (Å²) in [7, 11) is 0. The van der Waals surface area contributed by atoms with E-state index in [4.69, 9.17) is 10.00 Å². The van der Waals surface area contributed by atoms with Crippen LogP contribution in [0, 0.1) is 18.3 Å². The van der Waals surface area contributed by atoms with Gasteiger partial charge in [-0.1, -0.05) is 29.8 Å². The van der Waals surface area contributed by atoms with E-state index in [1.807, 2.05) is 37.3 Å². The van der Waals surface area contributed by atoms with Gasteiger partial charge in [-0.15, -0.1) is 0 Å². The van der Waals surface area contributed by atoms with Crippen LogP contribution in [0.4, 0.5) is 0 Å². The molecule has 0 aromatic heterocycles. The first-order chi connectivity index (χ1) is 12.1. The SMILES string of the molecule is Cc1cccc(/C=C/C(=O)NNC(=O)COc2ccc(C#N)cc2)c1. The summed E-state index contributed by atoms with van der Waals surface area (Å²) in [4.78, 5) is 23.3. The van der Waals surface area contributed by atoms with Crippen molar-refractivity contribution >= 4 is 17.9 Å². The van der Waals surface area contributed by atoms with E-state index < -0.39 is 11.8 Å². The van der Waals surface area contributed by atoms with Gasteiger partial charge in [0, 0.05) is 6.08 Å². The quantitative estimate of drug-likeness (QED) is 0.647. The zero-order valence-corrected chi connectivity index (χ0v) is 13.7. The summed E-state index contributed by atoms with van der Waals surface area (Å²) in [6.07, 6.45) is 2.98. The van der Waals surface area contributed by atoms with Crippen LogP contribution in [-0.4, -0.2) is 18.4 Å². The molecule has 2 aromatic rings. The fraction of sp³-hybridized carbons (Fsp3) is 0.105. The van der Waals surface area contributed by atoms with Crippen LogP contribution in [0.1, 0.15) is 16.7 Å². The topological polar surface area (TPSA) is 91.2 Å². The third kappa shape index (κ3) is 6.20. The van der Waals surface area contributed by atoms with Crippen molar-refractivity contribution in [2.75, 3.05) is 6.61 Å². The summed E-state index contributed by atoms with van der Waals surface area (Å²) in [6.45, 7) is 1.71. The molecule has 25 heavy (non-hydrogen) atoms. The molecule has 2 N–H and O–H groups in total. The molecule has 2 rings (SSSR count). The van der Waals surface area contributed by atoms with Crippen molar-refractivity contribution in [1.29, 1.82) is 5.26 Å². The molecule has 0 unspecified atom stereocenters. The summed E-state index contributed by atoms with van der Waals surface area (Å²) >= 11 is 0.